The van der Waals surface area contributed by atoms with E-state index in [0.29, 0.717) is 5.46 Å². The summed E-state index contributed by atoms with van der Waals surface area (Å²) in [4.78, 5) is 3.94. The molecule has 0 unspecified atom stereocenters. The van der Waals surface area contributed by atoms with E-state index < -0.39 is 29.5 Å². The molecule has 0 saturated heterocycles. The van der Waals surface area contributed by atoms with E-state index in [1.165, 1.54) is 6.20 Å². The lowest BCUT2D eigenvalue weighted by atomic mass is 9.74. The van der Waals surface area contributed by atoms with Gasteiger partial charge in [-0.2, -0.15) is 0 Å². The standard InChI is InChI=1S/C17H28BCl2NO4/c1-14(2,22)16(5,6)24-18(25-17(7,8)15(3,4)23)11-9-10-21-13(20)12(11)19/h9-10,22-23H,1-8H3. The SMILES string of the molecule is CC(C)(O)C(C)(C)OB(OC(C)(C)C(C)(C)O)c1ccnc(Cl)c1Cl. The van der Waals surface area contributed by atoms with Crippen LogP contribution in [0.5, 0.6) is 0 Å². The second-order valence-electron chi connectivity index (χ2n) is 8.21. The van der Waals surface area contributed by atoms with Crippen LogP contribution in [-0.2, 0) is 9.31 Å². The maximum atomic E-state index is 10.4. The van der Waals surface area contributed by atoms with E-state index in [1.807, 2.05) is 0 Å². The second kappa shape index (κ2) is 7.33. The first kappa shape index (κ1) is 22.7. The van der Waals surface area contributed by atoms with Crippen LogP contribution in [0, 0.1) is 0 Å². The van der Waals surface area contributed by atoms with Crippen molar-refractivity contribution in [2.45, 2.75) is 77.8 Å². The minimum Gasteiger partial charge on any atom is -0.399 e. The van der Waals surface area contributed by atoms with Crippen LogP contribution in [0.25, 0.3) is 0 Å². The molecule has 2 N–H and O–H groups in total. The third kappa shape index (κ3) is 5.31. The maximum Gasteiger partial charge on any atom is 0.496 e. The summed E-state index contributed by atoms with van der Waals surface area (Å²) in [6.45, 7) is 13.6. The van der Waals surface area contributed by atoms with Gasteiger partial charge >= 0.3 is 7.12 Å². The lowest BCUT2D eigenvalue weighted by Gasteiger charge is -2.43. The van der Waals surface area contributed by atoms with Crippen molar-refractivity contribution in [3.05, 3.63) is 22.4 Å². The summed E-state index contributed by atoms with van der Waals surface area (Å²) in [5, 5.41) is 21.2. The Morgan fingerprint density at radius 2 is 1.28 bits per heavy atom. The molecule has 0 radical (unpaired) electrons. The highest BCUT2D eigenvalue weighted by Gasteiger charge is 2.46. The Morgan fingerprint density at radius 1 is 0.880 bits per heavy atom. The fourth-order valence-corrected chi connectivity index (χ4v) is 1.95. The molecule has 0 fully saturated rings. The number of rotatable bonds is 7. The normalized spacial score (nSPS) is 13.9. The molecule has 0 aliphatic heterocycles. The fourth-order valence-electron chi connectivity index (χ4n) is 1.59. The largest absolute Gasteiger partial charge is 0.496 e. The van der Waals surface area contributed by atoms with Crippen LogP contribution in [0.1, 0.15) is 55.4 Å². The maximum absolute atomic E-state index is 10.4. The fraction of sp³-hybridized carbons (Fsp3) is 0.706. The molecule has 0 aromatic carbocycles. The lowest BCUT2D eigenvalue weighted by molar-refractivity contribution is -0.131. The van der Waals surface area contributed by atoms with Crippen LogP contribution in [0.4, 0.5) is 0 Å². The number of nitrogens with zero attached hydrogens (tertiary/aromatic N) is 1. The van der Waals surface area contributed by atoms with Crippen LogP contribution >= 0.6 is 23.2 Å². The molecule has 0 aliphatic carbocycles. The topological polar surface area (TPSA) is 71.8 Å². The van der Waals surface area contributed by atoms with Crippen LogP contribution < -0.4 is 5.46 Å². The Morgan fingerprint density at radius 3 is 1.64 bits per heavy atom. The van der Waals surface area contributed by atoms with Gasteiger partial charge in [0.15, 0.2) is 0 Å². The van der Waals surface area contributed by atoms with Gasteiger partial charge < -0.3 is 19.5 Å². The minimum absolute atomic E-state index is 0.124. The molecule has 1 aromatic heterocycles. The van der Waals surface area contributed by atoms with Gasteiger partial charge in [0.05, 0.1) is 27.4 Å². The molecular formula is C17H28BCl2NO4. The molecule has 0 atom stereocenters. The first-order valence-corrected chi connectivity index (χ1v) is 8.85. The molecule has 0 aliphatic rings. The monoisotopic (exact) mass is 391 g/mol. The highest BCUT2D eigenvalue weighted by Crippen LogP contribution is 2.31. The van der Waals surface area contributed by atoms with E-state index in [4.69, 9.17) is 32.5 Å². The number of hydrogen-bond acceptors (Lipinski definition) is 5. The van der Waals surface area contributed by atoms with Gasteiger partial charge in [-0.15, -0.1) is 0 Å². The predicted octanol–water partition coefficient (Wildman–Crippen LogP) is 3.22. The number of hydrogen-bond donors (Lipinski definition) is 2. The van der Waals surface area contributed by atoms with E-state index in [9.17, 15) is 10.2 Å². The van der Waals surface area contributed by atoms with Crippen molar-refractivity contribution in [2.75, 3.05) is 0 Å². The Balaban J connectivity index is 3.36. The molecule has 142 valence electrons. The average Bonchev–Trinajstić information content (AvgIpc) is 2.38. The summed E-state index contributed by atoms with van der Waals surface area (Å²) in [6.07, 6.45) is 1.50. The molecule has 5 nitrogen and oxygen atoms in total. The summed E-state index contributed by atoms with van der Waals surface area (Å²) in [7, 11) is -0.976. The molecule has 0 spiro atoms. The zero-order valence-electron chi connectivity index (χ0n) is 16.1. The molecule has 25 heavy (non-hydrogen) atoms. The summed E-state index contributed by atoms with van der Waals surface area (Å²) in [6, 6.07) is 1.64. The van der Waals surface area contributed by atoms with Crippen molar-refractivity contribution >= 4 is 35.8 Å². The molecule has 0 amide bonds. The number of pyridine rings is 1. The van der Waals surface area contributed by atoms with E-state index in [1.54, 1.807) is 61.5 Å². The van der Waals surface area contributed by atoms with Gasteiger partial charge in [0.25, 0.3) is 0 Å². The van der Waals surface area contributed by atoms with E-state index in [0.717, 1.165) is 0 Å². The third-order valence-electron chi connectivity index (χ3n) is 4.88. The van der Waals surface area contributed by atoms with Crippen molar-refractivity contribution in [1.29, 1.82) is 0 Å². The Hall–Kier alpha value is -0.365. The van der Waals surface area contributed by atoms with Crippen molar-refractivity contribution in [3.63, 3.8) is 0 Å². The van der Waals surface area contributed by atoms with Gasteiger partial charge in [0.1, 0.15) is 5.15 Å². The van der Waals surface area contributed by atoms with Crippen molar-refractivity contribution in [1.82, 2.24) is 4.98 Å². The molecule has 1 aromatic rings. The quantitative estimate of drug-likeness (QED) is 0.551. The van der Waals surface area contributed by atoms with Gasteiger partial charge in [-0.05, 0) is 61.5 Å². The van der Waals surface area contributed by atoms with Crippen molar-refractivity contribution < 1.29 is 19.5 Å². The van der Waals surface area contributed by atoms with Crippen molar-refractivity contribution in [3.8, 4) is 0 Å². The number of halogens is 2. The van der Waals surface area contributed by atoms with Crippen molar-refractivity contribution in [2.24, 2.45) is 0 Å². The van der Waals surface area contributed by atoms with E-state index in [2.05, 4.69) is 4.98 Å². The predicted molar refractivity (Wildman–Crippen MR) is 103 cm³/mol. The zero-order chi connectivity index (χ0) is 19.8. The highest BCUT2D eigenvalue weighted by molar-refractivity contribution is 6.66. The Bertz CT molecular complexity index is 582. The van der Waals surface area contributed by atoms with Crippen LogP contribution in [0.15, 0.2) is 12.3 Å². The van der Waals surface area contributed by atoms with Crippen LogP contribution in [-0.4, -0.2) is 44.7 Å². The Kier molecular flexibility index (Phi) is 6.65. The summed E-state index contributed by atoms with van der Waals surface area (Å²) < 4.78 is 12.2. The summed E-state index contributed by atoms with van der Waals surface area (Å²) in [5.41, 5.74) is -3.80. The third-order valence-corrected chi connectivity index (χ3v) is 5.66. The number of aliphatic hydroxyl groups is 2. The number of aromatic nitrogens is 1. The Labute approximate surface area is 160 Å². The first-order valence-electron chi connectivity index (χ1n) is 8.10. The van der Waals surface area contributed by atoms with Gasteiger partial charge in [-0.25, -0.2) is 4.98 Å². The molecule has 0 saturated carbocycles. The van der Waals surface area contributed by atoms with E-state index in [-0.39, 0.29) is 10.2 Å². The first-order chi connectivity index (χ1) is 11.0. The zero-order valence-corrected chi connectivity index (χ0v) is 17.7. The smallest absolute Gasteiger partial charge is 0.399 e. The molecule has 1 rings (SSSR count). The van der Waals surface area contributed by atoms with Gasteiger partial charge in [-0.3, -0.25) is 0 Å². The highest BCUT2D eigenvalue weighted by atomic mass is 35.5. The van der Waals surface area contributed by atoms with Gasteiger partial charge in [-0.1, -0.05) is 23.2 Å². The minimum atomic E-state index is -1.16. The summed E-state index contributed by atoms with van der Waals surface area (Å²) >= 11 is 12.3. The summed E-state index contributed by atoms with van der Waals surface area (Å²) in [5.74, 6) is 0. The molecular weight excluding hydrogens is 364 g/mol. The average molecular weight is 392 g/mol. The second-order valence-corrected chi connectivity index (χ2v) is 8.95. The molecule has 1 heterocycles. The van der Waals surface area contributed by atoms with Gasteiger partial charge in [0.2, 0.25) is 0 Å². The van der Waals surface area contributed by atoms with E-state index >= 15 is 0 Å². The van der Waals surface area contributed by atoms with Crippen LogP contribution in [0.3, 0.4) is 0 Å². The lowest BCUT2D eigenvalue weighted by Crippen LogP contribution is -2.59. The molecule has 0 bridgehead atoms. The van der Waals surface area contributed by atoms with Crippen LogP contribution in [0.2, 0.25) is 10.2 Å². The molecule has 8 heteroatoms. The van der Waals surface area contributed by atoms with Gasteiger partial charge in [0, 0.05) is 11.7 Å².